The Hall–Kier alpha value is -3.15. The minimum Gasteiger partial charge on any atom is -0.507 e. The molecule has 4 aliphatic rings. The van der Waals surface area contributed by atoms with E-state index < -0.39 is 64.4 Å². The lowest BCUT2D eigenvalue weighted by Gasteiger charge is -2.52. The van der Waals surface area contributed by atoms with Gasteiger partial charge in [0, 0.05) is 38.8 Å². The van der Waals surface area contributed by atoms with Crippen molar-refractivity contribution in [1.82, 2.24) is 10.2 Å². The summed E-state index contributed by atoms with van der Waals surface area (Å²) < 4.78 is 0. The second-order valence-corrected chi connectivity index (χ2v) is 13.3. The molecular weight excluding hydrogens is 540 g/mol. The normalized spacial score (nSPS) is 31.7. The Morgan fingerprint density at radius 2 is 1.79 bits per heavy atom. The molecule has 6 atom stereocenters. The molecule has 5 N–H and O–H groups in total. The van der Waals surface area contributed by atoms with Gasteiger partial charge in [-0.2, -0.15) is 0 Å². The van der Waals surface area contributed by atoms with Crippen molar-refractivity contribution >= 4 is 34.7 Å². The Bertz CT molecular complexity index is 1360. The van der Waals surface area contributed by atoms with Gasteiger partial charge in [0.05, 0.1) is 17.5 Å². The number of nitrogens with one attached hydrogen (secondary N) is 1. The summed E-state index contributed by atoms with van der Waals surface area (Å²) in [6.07, 6.45) is 4.95. The molecule has 5 rings (SSSR count). The minimum atomic E-state index is -2.72. The van der Waals surface area contributed by atoms with Gasteiger partial charge >= 0.3 is 0 Å². The molecule has 0 aromatic heterocycles. The van der Waals surface area contributed by atoms with Crippen molar-refractivity contribution < 1.29 is 34.2 Å². The number of Topliss-reactive ketones (excluding diaryl/α,β-unsaturated/α-hetero) is 4. The van der Waals surface area contributed by atoms with Crippen LogP contribution in [-0.2, 0) is 32.1 Å². The molecule has 3 fully saturated rings. The number of benzene rings is 1. The average molecular weight is 583 g/mol. The molecule has 0 heterocycles. The third kappa shape index (κ3) is 4.31. The molecule has 0 radical (unpaired) electrons. The van der Waals surface area contributed by atoms with Crippen LogP contribution in [0, 0.1) is 29.1 Å². The Morgan fingerprint density at radius 3 is 2.31 bits per heavy atom. The maximum atomic E-state index is 14.0. The number of phenolic OH excluding ortho intramolecular Hbond substituents is 1. The summed E-state index contributed by atoms with van der Waals surface area (Å²) in [6.45, 7) is 3.54. The summed E-state index contributed by atoms with van der Waals surface area (Å²) in [5.41, 5.74) is 5.18. The number of phenols is 1. The van der Waals surface area contributed by atoms with Crippen LogP contribution in [0.4, 0.5) is 5.69 Å². The van der Waals surface area contributed by atoms with Gasteiger partial charge in [0.1, 0.15) is 5.75 Å². The van der Waals surface area contributed by atoms with Crippen LogP contribution in [0.25, 0.3) is 0 Å². The molecule has 0 bridgehead atoms. The summed E-state index contributed by atoms with van der Waals surface area (Å²) in [7, 11) is 6.87. The molecule has 2 unspecified atom stereocenters. The van der Waals surface area contributed by atoms with Crippen LogP contribution in [0.5, 0.6) is 5.75 Å². The molecule has 11 heteroatoms. The zero-order valence-corrected chi connectivity index (χ0v) is 25.0. The molecule has 1 amide bonds. The number of rotatable bonds is 8. The van der Waals surface area contributed by atoms with Gasteiger partial charge in [-0.1, -0.05) is 13.3 Å². The fourth-order valence-electron chi connectivity index (χ4n) is 8.21. The van der Waals surface area contributed by atoms with Crippen LogP contribution >= 0.6 is 0 Å². The number of carbonyl (C=O) groups is 5. The molecule has 228 valence electrons. The van der Waals surface area contributed by atoms with Crippen LogP contribution in [0.2, 0.25) is 0 Å². The summed E-state index contributed by atoms with van der Waals surface area (Å²) in [5.74, 6) is -10.4. The van der Waals surface area contributed by atoms with E-state index in [9.17, 15) is 34.2 Å². The molecular formula is C31H42N4O7. The molecule has 0 spiro atoms. The first kappa shape index (κ1) is 30.3. The standard InChI is InChI=1S/C31H42N4O7/c1-6-30(8-7-9-30)14-33-13-16-12-19(36)21-17(23(16)34(2)3)10-15-11-18-24(35(4)5)26(38)22(29(32)41)28(40)31(18,42)27(39)20(15)25(21)37/h12,15,18,20,22,24,33,36,42H,6-11,13-14H2,1-5H3,(H2,32,41)/t15-,18-,20?,22?,24-,31-/m0/s1. The molecule has 1 aromatic rings. The van der Waals surface area contributed by atoms with Gasteiger partial charge in [0.15, 0.2) is 34.7 Å². The number of amides is 1. The molecule has 4 aliphatic carbocycles. The van der Waals surface area contributed by atoms with Crippen LogP contribution in [0.1, 0.15) is 60.5 Å². The largest absolute Gasteiger partial charge is 0.507 e. The van der Waals surface area contributed by atoms with Gasteiger partial charge in [-0.25, -0.2) is 0 Å². The number of carbonyl (C=O) groups excluding carboxylic acids is 5. The van der Waals surface area contributed by atoms with Gasteiger partial charge in [-0.15, -0.1) is 0 Å². The molecule has 0 saturated heterocycles. The van der Waals surface area contributed by atoms with E-state index in [4.69, 9.17) is 5.73 Å². The highest BCUT2D eigenvalue weighted by Gasteiger charge is 2.69. The molecule has 1 aromatic carbocycles. The Kier molecular flexibility index (Phi) is 7.60. The number of nitrogens with two attached hydrogens (primary N) is 1. The molecule has 42 heavy (non-hydrogen) atoms. The summed E-state index contributed by atoms with van der Waals surface area (Å²) in [6, 6.07) is 0.431. The lowest BCUT2D eigenvalue weighted by molar-refractivity contribution is -0.181. The number of aromatic hydroxyl groups is 1. The van der Waals surface area contributed by atoms with Crippen molar-refractivity contribution in [3.63, 3.8) is 0 Å². The van der Waals surface area contributed by atoms with E-state index in [0.717, 1.165) is 24.2 Å². The van der Waals surface area contributed by atoms with Crippen molar-refractivity contribution in [1.29, 1.82) is 0 Å². The Morgan fingerprint density at radius 1 is 1.12 bits per heavy atom. The first-order valence-corrected chi connectivity index (χ1v) is 14.8. The fraction of sp³-hybridized carbons (Fsp3) is 0.645. The lowest BCUT2D eigenvalue weighted by Crippen LogP contribution is -2.74. The maximum absolute atomic E-state index is 14.0. The van der Waals surface area contributed by atoms with Gasteiger partial charge in [0.25, 0.3) is 0 Å². The van der Waals surface area contributed by atoms with Gasteiger partial charge < -0.3 is 26.2 Å². The fourth-order valence-corrected chi connectivity index (χ4v) is 8.21. The van der Waals surface area contributed by atoms with Gasteiger partial charge in [0.2, 0.25) is 5.91 Å². The summed E-state index contributed by atoms with van der Waals surface area (Å²) in [4.78, 5) is 70.3. The SMILES string of the molecule is CCC1(CNCc2cc(O)c3c(c2N(C)C)C[C@H]2C[C@H]4[C@H](N(C)C)C(=O)C(C(N)=O)C(=O)[C@@]4(O)C(=O)C2C3=O)CCC1. The van der Waals surface area contributed by atoms with Crippen molar-refractivity contribution in [2.24, 2.45) is 34.8 Å². The molecule has 3 saturated carbocycles. The number of anilines is 1. The van der Waals surface area contributed by atoms with Crippen molar-refractivity contribution in [2.75, 3.05) is 39.6 Å². The van der Waals surface area contributed by atoms with E-state index in [-0.39, 0.29) is 24.2 Å². The zero-order chi connectivity index (χ0) is 30.9. The van der Waals surface area contributed by atoms with E-state index in [1.807, 2.05) is 19.0 Å². The molecule has 11 nitrogen and oxygen atoms in total. The monoisotopic (exact) mass is 582 g/mol. The topological polar surface area (TPSA) is 170 Å². The number of ketones is 4. The number of likely N-dealkylation sites (N-methyl/N-ethyl adjacent to an activating group) is 1. The number of hydrogen-bond acceptors (Lipinski definition) is 10. The van der Waals surface area contributed by atoms with Crippen LogP contribution in [-0.4, -0.2) is 90.5 Å². The van der Waals surface area contributed by atoms with E-state index in [0.29, 0.717) is 17.5 Å². The minimum absolute atomic E-state index is 0.0121. The Labute approximate surface area is 245 Å². The molecule has 0 aliphatic heterocycles. The quantitative estimate of drug-likeness (QED) is 0.318. The number of nitrogens with zero attached hydrogens (tertiary/aromatic N) is 2. The second kappa shape index (κ2) is 10.5. The van der Waals surface area contributed by atoms with Crippen molar-refractivity contribution in [2.45, 2.75) is 63.6 Å². The predicted molar refractivity (Wildman–Crippen MR) is 154 cm³/mol. The smallest absolute Gasteiger partial charge is 0.235 e. The van der Waals surface area contributed by atoms with E-state index in [1.165, 1.54) is 24.2 Å². The van der Waals surface area contributed by atoms with E-state index >= 15 is 0 Å². The first-order chi connectivity index (χ1) is 19.7. The zero-order valence-electron chi connectivity index (χ0n) is 25.0. The number of aliphatic hydroxyl groups is 1. The Balaban J connectivity index is 1.55. The third-order valence-corrected chi connectivity index (χ3v) is 10.5. The number of fused-ring (bicyclic) bond motifs is 3. The van der Waals surface area contributed by atoms with Crippen LogP contribution < -0.4 is 16.0 Å². The van der Waals surface area contributed by atoms with Crippen LogP contribution in [0.15, 0.2) is 6.07 Å². The maximum Gasteiger partial charge on any atom is 0.235 e. The average Bonchev–Trinajstić information content (AvgIpc) is 2.87. The first-order valence-electron chi connectivity index (χ1n) is 14.8. The van der Waals surface area contributed by atoms with Gasteiger partial charge in [-0.3, -0.25) is 28.9 Å². The second-order valence-electron chi connectivity index (χ2n) is 13.3. The summed E-state index contributed by atoms with van der Waals surface area (Å²) >= 11 is 0. The van der Waals surface area contributed by atoms with Crippen molar-refractivity contribution in [3.8, 4) is 5.75 Å². The summed E-state index contributed by atoms with van der Waals surface area (Å²) in [5, 5.41) is 26.4. The van der Waals surface area contributed by atoms with Gasteiger partial charge in [-0.05, 0) is 74.7 Å². The number of hydrogen-bond donors (Lipinski definition) is 4. The van der Waals surface area contributed by atoms with Crippen LogP contribution in [0.3, 0.4) is 0 Å². The van der Waals surface area contributed by atoms with E-state index in [2.05, 4.69) is 12.2 Å². The highest BCUT2D eigenvalue weighted by atomic mass is 16.3. The predicted octanol–water partition coefficient (Wildman–Crippen LogP) is 0.603. The highest BCUT2D eigenvalue weighted by Crippen LogP contribution is 2.52. The van der Waals surface area contributed by atoms with Crippen molar-refractivity contribution in [3.05, 3.63) is 22.8 Å². The highest BCUT2D eigenvalue weighted by molar-refractivity contribution is 6.32. The lowest BCUT2D eigenvalue weighted by atomic mass is 9.52. The van der Waals surface area contributed by atoms with E-state index in [1.54, 1.807) is 20.2 Å². The third-order valence-electron chi connectivity index (χ3n) is 10.5. The number of primary amides is 1.